The quantitative estimate of drug-likeness (QED) is 0.856. The summed E-state index contributed by atoms with van der Waals surface area (Å²) >= 11 is 0. The number of rotatable bonds is 2. The van der Waals surface area contributed by atoms with Gasteiger partial charge in [0.25, 0.3) is 0 Å². The van der Waals surface area contributed by atoms with Gasteiger partial charge in [-0.2, -0.15) is 4.98 Å². The number of hydrogen-bond donors (Lipinski definition) is 1. The summed E-state index contributed by atoms with van der Waals surface area (Å²) in [5.74, 6) is 0.704. The van der Waals surface area contributed by atoms with Gasteiger partial charge in [0.15, 0.2) is 5.65 Å². The van der Waals surface area contributed by atoms with Crippen molar-refractivity contribution in [2.75, 3.05) is 11.9 Å². The number of pyridine rings is 1. The van der Waals surface area contributed by atoms with Crippen LogP contribution in [0.5, 0.6) is 0 Å². The molecule has 1 aliphatic heterocycles. The lowest BCUT2D eigenvalue weighted by atomic mass is 10.0. The van der Waals surface area contributed by atoms with E-state index in [9.17, 15) is 0 Å². The van der Waals surface area contributed by atoms with Crippen molar-refractivity contribution in [1.29, 1.82) is 0 Å². The summed E-state index contributed by atoms with van der Waals surface area (Å²) in [6.45, 7) is 2.91. The molecule has 0 aliphatic carbocycles. The molecule has 90 valence electrons. The second-order valence-corrected chi connectivity index (χ2v) is 4.49. The lowest BCUT2D eigenvalue weighted by Crippen LogP contribution is -2.32. The molecule has 3 heterocycles. The molecule has 3 rings (SSSR count). The predicted octanol–water partition coefficient (Wildman–Crippen LogP) is 1.71. The van der Waals surface area contributed by atoms with Crippen LogP contribution in [0.4, 0.5) is 5.95 Å². The minimum absolute atomic E-state index is 0.318. The standard InChI is InChI=1S/C12H16N4O/c1-9-8-10(5-7-17-9)13-12-14-11-4-2-3-6-16(11)15-12/h2-4,6,9-10H,5,7-8H2,1H3,(H,13,15). The maximum absolute atomic E-state index is 5.52. The average molecular weight is 232 g/mol. The normalized spacial score (nSPS) is 25.0. The lowest BCUT2D eigenvalue weighted by molar-refractivity contribution is 0.0231. The van der Waals surface area contributed by atoms with Gasteiger partial charge in [-0.25, -0.2) is 4.52 Å². The molecule has 1 fully saturated rings. The number of hydrogen-bond acceptors (Lipinski definition) is 4. The van der Waals surface area contributed by atoms with E-state index in [0.717, 1.165) is 25.1 Å². The molecular weight excluding hydrogens is 216 g/mol. The predicted molar refractivity (Wildman–Crippen MR) is 65.0 cm³/mol. The van der Waals surface area contributed by atoms with E-state index in [0.29, 0.717) is 18.1 Å². The number of aromatic nitrogens is 3. The molecule has 0 aromatic carbocycles. The summed E-state index contributed by atoms with van der Waals surface area (Å²) in [4.78, 5) is 4.43. The Morgan fingerprint density at radius 2 is 2.41 bits per heavy atom. The zero-order chi connectivity index (χ0) is 11.7. The van der Waals surface area contributed by atoms with Crippen molar-refractivity contribution in [2.45, 2.75) is 31.9 Å². The van der Waals surface area contributed by atoms with Crippen LogP contribution in [-0.2, 0) is 4.74 Å². The summed E-state index contributed by atoms with van der Waals surface area (Å²) in [5.41, 5.74) is 0.870. The summed E-state index contributed by atoms with van der Waals surface area (Å²) in [5, 5.41) is 7.76. The van der Waals surface area contributed by atoms with Gasteiger partial charge in [-0.3, -0.25) is 0 Å². The van der Waals surface area contributed by atoms with Gasteiger partial charge in [-0.15, -0.1) is 5.10 Å². The molecule has 17 heavy (non-hydrogen) atoms. The van der Waals surface area contributed by atoms with Gasteiger partial charge in [0.05, 0.1) is 6.10 Å². The number of anilines is 1. The molecule has 1 saturated heterocycles. The fourth-order valence-corrected chi connectivity index (χ4v) is 2.20. The van der Waals surface area contributed by atoms with Crippen LogP contribution >= 0.6 is 0 Å². The van der Waals surface area contributed by atoms with E-state index in [2.05, 4.69) is 22.3 Å². The van der Waals surface area contributed by atoms with E-state index < -0.39 is 0 Å². The highest BCUT2D eigenvalue weighted by molar-refractivity contribution is 5.43. The summed E-state index contributed by atoms with van der Waals surface area (Å²) in [6, 6.07) is 6.27. The maximum Gasteiger partial charge on any atom is 0.243 e. The van der Waals surface area contributed by atoms with E-state index >= 15 is 0 Å². The van der Waals surface area contributed by atoms with Gasteiger partial charge in [0.2, 0.25) is 5.95 Å². The first-order valence-corrected chi connectivity index (χ1v) is 6.01. The van der Waals surface area contributed by atoms with Crippen LogP contribution < -0.4 is 5.32 Å². The summed E-state index contributed by atoms with van der Waals surface area (Å²) < 4.78 is 7.30. The van der Waals surface area contributed by atoms with Crippen molar-refractivity contribution in [3.8, 4) is 0 Å². The largest absolute Gasteiger partial charge is 0.378 e. The van der Waals surface area contributed by atoms with Crippen LogP contribution in [-0.4, -0.2) is 33.4 Å². The van der Waals surface area contributed by atoms with E-state index in [1.165, 1.54) is 0 Å². The fraction of sp³-hybridized carbons (Fsp3) is 0.500. The molecule has 0 saturated carbocycles. The second-order valence-electron chi connectivity index (χ2n) is 4.49. The molecule has 0 amide bonds. The van der Waals surface area contributed by atoms with E-state index in [-0.39, 0.29) is 0 Å². The molecule has 2 unspecified atom stereocenters. The highest BCUT2D eigenvalue weighted by Crippen LogP contribution is 2.17. The first kappa shape index (κ1) is 10.5. The SMILES string of the molecule is CC1CC(Nc2nc3ccccn3n2)CCO1. The van der Waals surface area contributed by atoms with Crippen LogP contribution in [0.15, 0.2) is 24.4 Å². The molecule has 2 atom stereocenters. The smallest absolute Gasteiger partial charge is 0.243 e. The third kappa shape index (κ3) is 2.24. The summed E-state index contributed by atoms with van der Waals surface area (Å²) in [7, 11) is 0. The Morgan fingerprint density at radius 1 is 1.47 bits per heavy atom. The average Bonchev–Trinajstić information content (AvgIpc) is 2.71. The minimum atomic E-state index is 0.318. The minimum Gasteiger partial charge on any atom is -0.378 e. The molecule has 1 aliphatic rings. The van der Waals surface area contributed by atoms with Crippen molar-refractivity contribution in [3.63, 3.8) is 0 Å². The Morgan fingerprint density at radius 3 is 3.24 bits per heavy atom. The molecule has 5 heteroatoms. The molecular formula is C12H16N4O. The Labute approximate surface area is 99.8 Å². The number of ether oxygens (including phenoxy) is 1. The molecule has 0 spiro atoms. The van der Waals surface area contributed by atoms with Crippen molar-refractivity contribution >= 4 is 11.6 Å². The Bertz CT molecular complexity index is 477. The number of nitrogens with zero attached hydrogens (tertiary/aromatic N) is 3. The molecule has 0 radical (unpaired) electrons. The van der Waals surface area contributed by atoms with Gasteiger partial charge >= 0.3 is 0 Å². The molecule has 1 N–H and O–H groups in total. The first-order valence-electron chi connectivity index (χ1n) is 6.01. The van der Waals surface area contributed by atoms with Gasteiger partial charge in [0.1, 0.15) is 0 Å². The van der Waals surface area contributed by atoms with Crippen molar-refractivity contribution in [1.82, 2.24) is 14.6 Å². The van der Waals surface area contributed by atoms with Crippen molar-refractivity contribution in [2.24, 2.45) is 0 Å². The number of nitrogens with one attached hydrogen (secondary N) is 1. The third-order valence-corrected chi connectivity index (χ3v) is 3.06. The number of fused-ring (bicyclic) bond motifs is 1. The van der Waals surface area contributed by atoms with Gasteiger partial charge < -0.3 is 10.1 Å². The van der Waals surface area contributed by atoms with Crippen LogP contribution in [0.1, 0.15) is 19.8 Å². The van der Waals surface area contributed by atoms with Crippen LogP contribution in [0.3, 0.4) is 0 Å². The van der Waals surface area contributed by atoms with Crippen molar-refractivity contribution in [3.05, 3.63) is 24.4 Å². The van der Waals surface area contributed by atoms with E-state index in [1.54, 1.807) is 4.52 Å². The van der Waals surface area contributed by atoms with Gasteiger partial charge in [0, 0.05) is 18.8 Å². The topological polar surface area (TPSA) is 51.5 Å². The molecule has 5 nitrogen and oxygen atoms in total. The Kier molecular flexibility index (Phi) is 2.68. The zero-order valence-corrected chi connectivity index (χ0v) is 9.84. The van der Waals surface area contributed by atoms with Crippen LogP contribution in [0, 0.1) is 0 Å². The van der Waals surface area contributed by atoms with Crippen LogP contribution in [0.25, 0.3) is 5.65 Å². The highest BCUT2D eigenvalue weighted by Gasteiger charge is 2.20. The lowest BCUT2D eigenvalue weighted by Gasteiger charge is -2.27. The maximum atomic E-state index is 5.52. The van der Waals surface area contributed by atoms with E-state index in [1.807, 2.05) is 24.4 Å². The molecule has 2 aromatic rings. The monoisotopic (exact) mass is 232 g/mol. The molecule has 0 bridgehead atoms. The molecule has 2 aromatic heterocycles. The fourth-order valence-electron chi connectivity index (χ4n) is 2.20. The van der Waals surface area contributed by atoms with Gasteiger partial charge in [-0.05, 0) is 31.9 Å². The first-order chi connectivity index (χ1) is 8.31. The third-order valence-electron chi connectivity index (χ3n) is 3.06. The zero-order valence-electron chi connectivity index (χ0n) is 9.84. The van der Waals surface area contributed by atoms with E-state index in [4.69, 9.17) is 4.74 Å². The van der Waals surface area contributed by atoms with Crippen molar-refractivity contribution < 1.29 is 4.74 Å². The highest BCUT2D eigenvalue weighted by atomic mass is 16.5. The Hall–Kier alpha value is -1.62. The van der Waals surface area contributed by atoms with Gasteiger partial charge in [-0.1, -0.05) is 6.07 Å². The second kappa shape index (κ2) is 4.33. The summed E-state index contributed by atoms with van der Waals surface area (Å²) in [6.07, 6.45) is 4.24. The Balaban J connectivity index is 1.75. The van der Waals surface area contributed by atoms with Crippen LogP contribution in [0.2, 0.25) is 0 Å².